The molecule has 0 fully saturated rings. The van der Waals surface area contributed by atoms with Crippen molar-refractivity contribution in [3.63, 3.8) is 0 Å². The number of nitrogens with one attached hydrogen (secondary N) is 1. The fourth-order valence-corrected chi connectivity index (χ4v) is 3.54. The van der Waals surface area contributed by atoms with Gasteiger partial charge in [0.15, 0.2) is 0 Å². The monoisotopic (exact) mass is 431 g/mol. The molecule has 6 heteroatoms. The molecule has 2 aromatic carbocycles. The molecule has 0 radical (unpaired) electrons. The molecule has 0 spiro atoms. The van der Waals surface area contributed by atoms with Crippen molar-refractivity contribution in [3.8, 4) is 11.1 Å². The molecule has 3 aromatic rings. The van der Waals surface area contributed by atoms with Crippen LogP contribution in [0.4, 0.5) is 0 Å². The lowest BCUT2D eigenvalue weighted by atomic mass is 9.87. The van der Waals surface area contributed by atoms with Crippen molar-refractivity contribution in [1.82, 2.24) is 4.98 Å². The zero-order chi connectivity index (χ0) is 18.8. The maximum atomic E-state index is 12.8. The lowest BCUT2D eigenvalue weighted by Crippen LogP contribution is -2.23. The number of aromatic amines is 1. The van der Waals surface area contributed by atoms with E-state index in [9.17, 15) is 14.7 Å². The van der Waals surface area contributed by atoms with Gasteiger partial charge in [0.1, 0.15) is 0 Å². The van der Waals surface area contributed by atoms with E-state index in [0.717, 1.165) is 15.4 Å². The number of rotatable bonds is 5. The molecule has 2 N–H and O–H groups in total. The molecule has 1 atom stereocenters. The summed E-state index contributed by atoms with van der Waals surface area (Å²) in [4.78, 5) is 27.5. The summed E-state index contributed by atoms with van der Waals surface area (Å²) in [6.45, 7) is 3.63. The predicted molar refractivity (Wildman–Crippen MR) is 108 cm³/mol. The quantitative estimate of drug-likeness (QED) is 0.534. The number of carboxylic acids is 1. The van der Waals surface area contributed by atoms with Gasteiger partial charge in [0.25, 0.3) is 5.56 Å². The SMILES string of the molecule is C=CCC(C(=O)O)c1c(-c2ccc(Cl)cc2)c2cc(Br)ccc2[nH]c1=O. The molecule has 3 rings (SSSR count). The second kappa shape index (κ2) is 7.48. The lowest BCUT2D eigenvalue weighted by Gasteiger charge is -2.18. The van der Waals surface area contributed by atoms with E-state index in [1.807, 2.05) is 12.1 Å². The van der Waals surface area contributed by atoms with Gasteiger partial charge in [-0.1, -0.05) is 45.7 Å². The molecule has 0 aliphatic carbocycles. The third-order valence-corrected chi connectivity index (χ3v) is 4.94. The molecule has 1 unspecified atom stereocenters. The van der Waals surface area contributed by atoms with Crippen molar-refractivity contribution in [3.05, 3.63) is 80.5 Å². The summed E-state index contributed by atoms with van der Waals surface area (Å²) < 4.78 is 0.828. The lowest BCUT2D eigenvalue weighted by molar-refractivity contribution is -0.138. The Balaban J connectivity index is 2.46. The molecule has 4 nitrogen and oxygen atoms in total. The van der Waals surface area contributed by atoms with Crippen molar-refractivity contribution in [2.75, 3.05) is 0 Å². The number of aromatic nitrogens is 1. The number of carbonyl (C=O) groups is 1. The zero-order valence-electron chi connectivity index (χ0n) is 13.6. The summed E-state index contributed by atoms with van der Waals surface area (Å²) in [6.07, 6.45) is 1.66. The third kappa shape index (κ3) is 3.45. The number of carboxylic acid groups (broad SMARTS) is 1. The maximum Gasteiger partial charge on any atom is 0.311 e. The molecular formula is C20H15BrClNO3. The summed E-state index contributed by atoms with van der Waals surface area (Å²) in [5.74, 6) is -2.06. The van der Waals surface area contributed by atoms with Crippen molar-refractivity contribution in [1.29, 1.82) is 0 Å². The molecule has 0 saturated carbocycles. The Morgan fingerprint density at radius 2 is 1.96 bits per heavy atom. The van der Waals surface area contributed by atoms with E-state index in [4.69, 9.17) is 11.6 Å². The smallest absolute Gasteiger partial charge is 0.311 e. The summed E-state index contributed by atoms with van der Waals surface area (Å²) in [7, 11) is 0. The standard InChI is InChI=1S/C20H15BrClNO3/c1-2-3-14(20(25)26)18-17(11-4-7-13(22)8-5-11)15-10-12(21)6-9-16(15)23-19(18)24/h2,4-10,14H,1,3H2,(H,23,24)(H,25,26). The minimum Gasteiger partial charge on any atom is -0.481 e. The van der Waals surface area contributed by atoms with E-state index in [2.05, 4.69) is 27.5 Å². The van der Waals surface area contributed by atoms with Crippen molar-refractivity contribution in [2.24, 2.45) is 0 Å². The van der Waals surface area contributed by atoms with E-state index >= 15 is 0 Å². The highest BCUT2D eigenvalue weighted by Crippen LogP contribution is 2.36. The average Bonchev–Trinajstić information content (AvgIpc) is 2.60. The Morgan fingerprint density at radius 1 is 1.27 bits per heavy atom. The Hall–Kier alpha value is -2.37. The number of allylic oxidation sites excluding steroid dienone is 1. The average molecular weight is 433 g/mol. The number of benzene rings is 2. The number of hydrogen-bond acceptors (Lipinski definition) is 2. The zero-order valence-corrected chi connectivity index (χ0v) is 16.0. The highest BCUT2D eigenvalue weighted by molar-refractivity contribution is 9.10. The largest absolute Gasteiger partial charge is 0.481 e. The Labute approximate surface area is 163 Å². The van der Waals surface area contributed by atoms with Crippen LogP contribution in [0.2, 0.25) is 5.02 Å². The van der Waals surface area contributed by atoms with Crippen LogP contribution < -0.4 is 5.56 Å². The first-order chi connectivity index (χ1) is 12.4. The van der Waals surface area contributed by atoms with E-state index in [-0.39, 0.29) is 12.0 Å². The molecule has 0 aliphatic heterocycles. The molecule has 26 heavy (non-hydrogen) atoms. The number of fused-ring (bicyclic) bond motifs is 1. The van der Waals surface area contributed by atoms with E-state index in [1.165, 1.54) is 6.08 Å². The second-order valence-corrected chi connectivity index (χ2v) is 7.21. The first-order valence-corrected chi connectivity index (χ1v) is 9.04. The topological polar surface area (TPSA) is 70.2 Å². The molecule has 132 valence electrons. The van der Waals surface area contributed by atoms with Gasteiger partial charge in [-0.25, -0.2) is 0 Å². The summed E-state index contributed by atoms with van der Waals surface area (Å²) in [5.41, 5.74) is 1.75. The molecule has 0 saturated heterocycles. The van der Waals surface area contributed by atoms with Crippen LogP contribution in [0.1, 0.15) is 17.9 Å². The first kappa shape index (κ1) is 18.4. The fourth-order valence-electron chi connectivity index (χ4n) is 3.05. The van der Waals surface area contributed by atoms with Gasteiger partial charge in [0.2, 0.25) is 0 Å². The van der Waals surface area contributed by atoms with Gasteiger partial charge in [-0.05, 0) is 42.3 Å². The van der Waals surface area contributed by atoms with Gasteiger partial charge in [0.05, 0.1) is 5.92 Å². The first-order valence-electron chi connectivity index (χ1n) is 7.87. The van der Waals surface area contributed by atoms with E-state index in [0.29, 0.717) is 16.1 Å². The summed E-state index contributed by atoms with van der Waals surface area (Å²) >= 11 is 9.44. The van der Waals surface area contributed by atoms with Crippen molar-refractivity contribution < 1.29 is 9.90 Å². The van der Waals surface area contributed by atoms with E-state index < -0.39 is 17.4 Å². The highest BCUT2D eigenvalue weighted by Gasteiger charge is 2.27. The van der Waals surface area contributed by atoms with Crippen LogP contribution in [0.25, 0.3) is 22.0 Å². The molecular weight excluding hydrogens is 418 g/mol. The molecule has 0 amide bonds. The van der Waals surface area contributed by atoms with Gasteiger partial charge in [-0.15, -0.1) is 6.58 Å². The van der Waals surface area contributed by atoms with Gasteiger partial charge < -0.3 is 10.1 Å². The van der Waals surface area contributed by atoms with Gasteiger partial charge in [-0.2, -0.15) is 0 Å². The minimum atomic E-state index is -1.07. The van der Waals surface area contributed by atoms with Crippen LogP contribution in [0.3, 0.4) is 0 Å². The number of halogens is 2. The van der Waals surface area contributed by atoms with Crippen LogP contribution in [0.5, 0.6) is 0 Å². The molecule has 0 bridgehead atoms. The van der Waals surface area contributed by atoms with Crippen LogP contribution >= 0.6 is 27.5 Å². The van der Waals surface area contributed by atoms with Crippen LogP contribution in [0.15, 0.2) is 64.4 Å². The van der Waals surface area contributed by atoms with Crippen molar-refractivity contribution in [2.45, 2.75) is 12.3 Å². The Morgan fingerprint density at radius 3 is 2.58 bits per heavy atom. The van der Waals surface area contributed by atoms with Gasteiger partial charge in [-0.3, -0.25) is 9.59 Å². The normalized spacial score (nSPS) is 12.1. The van der Waals surface area contributed by atoms with Crippen LogP contribution in [0, 0.1) is 0 Å². The predicted octanol–water partition coefficient (Wildman–Crippen LogP) is 5.36. The fraction of sp³-hybridized carbons (Fsp3) is 0.100. The number of pyridine rings is 1. The maximum absolute atomic E-state index is 12.8. The van der Waals surface area contributed by atoms with Crippen LogP contribution in [-0.4, -0.2) is 16.1 Å². The number of H-pyrrole nitrogens is 1. The van der Waals surface area contributed by atoms with E-state index in [1.54, 1.807) is 30.3 Å². The Bertz CT molecular complexity index is 1060. The van der Waals surface area contributed by atoms with Gasteiger partial charge >= 0.3 is 5.97 Å². The van der Waals surface area contributed by atoms with Crippen LogP contribution in [-0.2, 0) is 4.79 Å². The summed E-state index contributed by atoms with van der Waals surface area (Å²) in [5, 5.41) is 11.0. The highest BCUT2D eigenvalue weighted by atomic mass is 79.9. The molecule has 0 aliphatic rings. The minimum absolute atomic E-state index is 0.151. The third-order valence-electron chi connectivity index (χ3n) is 4.19. The molecule has 1 aromatic heterocycles. The second-order valence-electron chi connectivity index (χ2n) is 5.85. The van der Waals surface area contributed by atoms with Gasteiger partial charge in [0, 0.05) is 31.5 Å². The Kier molecular flexibility index (Phi) is 5.30. The number of aliphatic carboxylic acids is 1. The van der Waals surface area contributed by atoms with Crippen molar-refractivity contribution >= 4 is 44.4 Å². The molecule has 1 heterocycles. The summed E-state index contributed by atoms with van der Waals surface area (Å²) in [6, 6.07) is 12.5. The number of hydrogen-bond donors (Lipinski definition) is 2.